The fourth-order valence-electron chi connectivity index (χ4n) is 2.38. The van der Waals surface area contributed by atoms with Crippen molar-refractivity contribution in [1.82, 2.24) is 4.98 Å². The predicted molar refractivity (Wildman–Crippen MR) is 89.0 cm³/mol. The number of nitro groups is 1. The van der Waals surface area contributed by atoms with E-state index >= 15 is 0 Å². The van der Waals surface area contributed by atoms with E-state index in [1.54, 1.807) is 6.92 Å². The number of pyridine rings is 1. The van der Waals surface area contributed by atoms with Gasteiger partial charge in [0.2, 0.25) is 5.82 Å². The highest BCUT2D eigenvalue weighted by molar-refractivity contribution is 5.96. The van der Waals surface area contributed by atoms with Crippen molar-refractivity contribution in [2.75, 3.05) is 11.9 Å². The van der Waals surface area contributed by atoms with Crippen molar-refractivity contribution in [3.8, 4) is 0 Å². The topological polar surface area (TPSA) is 85.1 Å². The number of ketones is 1. The first-order chi connectivity index (χ1) is 10.9. The van der Waals surface area contributed by atoms with E-state index in [9.17, 15) is 14.9 Å². The second-order valence-corrected chi connectivity index (χ2v) is 5.47. The Labute approximate surface area is 134 Å². The zero-order valence-electron chi connectivity index (χ0n) is 13.4. The number of aryl methyl sites for hydroxylation is 1. The molecule has 2 aromatic rings. The maximum atomic E-state index is 11.5. The van der Waals surface area contributed by atoms with Crippen LogP contribution >= 0.6 is 0 Å². The lowest BCUT2D eigenvalue weighted by Gasteiger charge is -2.10. The minimum absolute atomic E-state index is 0.137. The number of carbonyl (C=O) groups is 1. The quantitative estimate of drug-likeness (QED) is 0.501. The van der Waals surface area contributed by atoms with Gasteiger partial charge in [-0.3, -0.25) is 14.9 Å². The zero-order chi connectivity index (χ0) is 17.0. The molecule has 0 bridgehead atoms. The molecule has 120 valence electrons. The van der Waals surface area contributed by atoms with Gasteiger partial charge in [-0.2, -0.15) is 0 Å². The Kier molecular flexibility index (Phi) is 5.05. The summed E-state index contributed by atoms with van der Waals surface area (Å²) in [5, 5.41) is 14.3. The average molecular weight is 313 g/mol. The number of aromatic nitrogens is 1. The van der Waals surface area contributed by atoms with Crippen molar-refractivity contribution < 1.29 is 9.72 Å². The van der Waals surface area contributed by atoms with Gasteiger partial charge in [0.15, 0.2) is 5.78 Å². The number of hydrogen-bond acceptors (Lipinski definition) is 5. The van der Waals surface area contributed by atoms with Crippen LogP contribution in [0, 0.1) is 24.0 Å². The summed E-state index contributed by atoms with van der Waals surface area (Å²) in [6.45, 7) is 5.49. The van der Waals surface area contributed by atoms with Crippen molar-refractivity contribution in [1.29, 1.82) is 0 Å². The summed E-state index contributed by atoms with van der Waals surface area (Å²) in [7, 11) is 0. The largest absolute Gasteiger partial charge is 0.364 e. The molecule has 0 aliphatic carbocycles. The van der Waals surface area contributed by atoms with Gasteiger partial charge >= 0.3 is 5.69 Å². The molecule has 0 fully saturated rings. The molecule has 0 saturated carbocycles. The third kappa shape index (κ3) is 3.91. The molecule has 6 heteroatoms. The highest BCUT2D eigenvalue weighted by Crippen LogP contribution is 2.28. The fourth-order valence-corrected chi connectivity index (χ4v) is 2.38. The van der Waals surface area contributed by atoms with Crippen LogP contribution in [0.15, 0.2) is 30.5 Å². The number of anilines is 1. The molecule has 0 saturated heterocycles. The molecule has 0 aliphatic rings. The Balaban J connectivity index is 2.16. The van der Waals surface area contributed by atoms with Gasteiger partial charge in [-0.05, 0) is 32.8 Å². The molecule has 2 rings (SSSR count). The first kappa shape index (κ1) is 16.6. The monoisotopic (exact) mass is 313 g/mol. The minimum atomic E-state index is -0.497. The Hall–Kier alpha value is -2.76. The normalized spacial score (nSPS) is 10.4. The molecule has 23 heavy (non-hydrogen) atoms. The molecule has 0 radical (unpaired) electrons. The zero-order valence-corrected chi connectivity index (χ0v) is 13.4. The summed E-state index contributed by atoms with van der Waals surface area (Å²) in [4.78, 5) is 26.4. The van der Waals surface area contributed by atoms with Crippen molar-refractivity contribution in [2.45, 2.75) is 27.2 Å². The first-order valence-corrected chi connectivity index (χ1v) is 7.34. The molecule has 0 atom stereocenters. The number of nitrogens with one attached hydrogen (secondary N) is 1. The van der Waals surface area contributed by atoms with Crippen LogP contribution in [0.1, 0.15) is 34.0 Å². The highest BCUT2D eigenvalue weighted by Gasteiger charge is 2.23. The highest BCUT2D eigenvalue weighted by atomic mass is 16.6. The third-order valence-electron chi connectivity index (χ3n) is 3.69. The number of Topliss-reactive ketones (excluding diaryl/α,β-unsaturated/α-hetero) is 1. The number of rotatable bonds is 6. The molecule has 0 amide bonds. The van der Waals surface area contributed by atoms with E-state index in [0.717, 1.165) is 12.0 Å². The summed E-state index contributed by atoms with van der Waals surface area (Å²) in [5.74, 6) is -0.0334. The first-order valence-electron chi connectivity index (χ1n) is 7.34. The fraction of sp³-hybridized carbons (Fsp3) is 0.294. The van der Waals surface area contributed by atoms with Gasteiger partial charge in [0, 0.05) is 23.9 Å². The van der Waals surface area contributed by atoms with Gasteiger partial charge in [0.05, 0.1) is 4.92 Å². The molecular formula is C17H19N3O3. The summed E-state index contributed by atoms with van der Waals surface area (Å²) in [5.41, 5.74) is 2.81. The number of carbonyl (C=O) groups excluding carboxylic acids is 1. The lowest BCUT2D eigenvalue weighted by molar-refractivity contribution is -0.384. The SMILES string of the molecule is CC(=O)c1cnc(NCCc2ccc(C)cc2)c([N+](=O)[O-])c1C. The van der Waals surface area contributed by atoms with Gasteiger partial charge in [-0.15, -0.1) is 0 Å². The van der Waals surface area contributed by atoms with Gasteiger partial charge in [0.1, 0.15) is 0 Å². The van der Waals surface area contributed by atoms with Gasteiger partial charge < -0.3 is 5.32 Å². The van der Waals surface area contributed by atoms with Gasteiger partial charge in [-0.25, -0.2) is 4.98 Å². The van der Waals surface area contributed by atoms with E-state index in [1.165, 1.54) is 18.7 Å². The molecule has 0 unspecified atom stereocenters. The third-order valence-corrected chi connectivity index (χ3v) is 3.69. The molecule has 1 N–H and O–H groups in total. The van der Waals surface area contributed by atoms with E-state index in [-0.39, 0.29) is 22.9 Å². The van der Waals surface area contributed by atoms with E-state index in [2.05, 4.69) is 10.3 Å². The average Bonchev–Trinajstić information content (AvgIpc) is 2.48. The Bertz CT molecular complexity index is 739. The molecule has 0 spiro atoms. The standard InChI is InChI=1S/C17H19N3O3/c1-11-4-6-14(7-5-11)8-9-18-17-16(20(22)23)12(2)15(10-19-17)13(3)21/h4-7,10H,8-9H2,1-3H3,(H,18,19). The Morgan fingerprint density at radius 3 is 2.48 bits per heavy atom. The summed E-state index contributed by atoms with van der Waals surface area (Å²) < 4.78 is 0. The van der Waals surface area contributed by atoms with Crippen LogP contribution in [-0.2, 0) is 6.42 Å². The van der Waals surface area contributed by atoms with Crippen LogP contribution in [0.2, 0.25) is 0 Å². The molecule has 0 aliphatic heterocycles. The van der Waals surface area contributed by atoms with Crippen LogP contribution in [0.25, 0.3) is 0 Å². The van der Waals surface area contributed by atoms with E-state index in [1.807, 2.05) is 31.2 Å². The molecule has 1 heterocycles. The van der Waals surface area contributed by atoms with E-state index in [0.29, 0.717) is 12.1 Å². The smallest absolute Gasteiger partial charge is 0.314 e. The molecular weight excluding hydrogens is 294 g/mol. The Morgan fingerprint density at radius 1 is 1.26 bits per heavy atom. The van der Waals surface area contributed by atoms with Crippen molar-refractivity contribution >= 4 is 17.3 Å². The van der Waals surface area contributed by atoms with Gasteiger partial charge in [0.25, 0.3) is 0 Å². The maximum absolute atomic E-state index is 11.5. The Morgan fingerprint density at radius 2 is 1.91 bits per heavy atom. The number of hydrogen-bond donors (Lipinski definition) is 1. The molecule has 1 aromatic heterocycles. The van der Waals surface area contributed by atoms with E-state index < -0.39 is 4.92 Å². The minimum Gasteiger partial charge on any atom is -0.364 e. The maximum Gasteiger partial charge on any atom is 0.314 e. The van der Waals surface area contributed by atoms with Crippen molar-refractivity contribution in [2.24, 2.45) is 0 Å². The summed E-state index contributed by atoms with van der Waals surface area (Å²) in [6, 6.07) is 8.12. The van der Waals surface area contributed by atoms with Crippen LogP contribution in [0.4, 0.5) is 11.5 Å². The van der Waals surface area contributed by atoms with Crippen LogP contribution in [0.5, 0.6) is 0 Å². The lowest BCUT2D eigenvalue weighted by Crippen LogP contribution is -2.11. The van der Waals surface area contributed by atoms with Crippen LogP contribution in [-0.4, -0.2) is 22.2 Å². The van der Waals surface area contributed by atoms with Crippen molar-refractivity contribution in [3.05, 3.63) is 62.8 Å². The van der Waals surface area contributed by atoms with Gasteiger partial charge in [-0.1, -0.05) is 29.8 Å². The summed E-state index contributed by atoms with van der Waals surface area (Å²) in [6.07, 6.45) is 2.12. The molecule has 1 aromatic carbocycles. The second kappa shape index (κ2) is 7.00. The van der Waals surface area contributed by atoms with Crippen molar-refractivity contribution in [3.63, 3.8) is 0 Å². The second-order valence-electron chi connectivity index (χ2n) is 5.47. The number of benzene rings is 1. The molecule has 6 nitrogen and oxygen atoms in total. The summed E-state index contributed by atoms with van der Waals surface area (Å²) >= 11 is 0. The lowest BCUT2D eigenvalue weighted by atomic mass is 10.1. The number of nitrogens with zero attached hydrogens (tertiary/aromatic N) is 2. The van der Waals surface area contributed by atoms with E-state index in [4.69, 9.17) is 0 Å². The van der Waals surface area contributed by atoms with Crippen LogP contribution in [0.3, 0.4) is 0 Å². The predicted octanol–water partition coefficient (Wildman–Crippen LogP) is 3.46. The van der Waals surface area contributed by atoms with Crippen LogP contribution < -0.4 is 5.32 Å².